The van der Waals surface area contributed by atoms with Gasteiger partial charge in [0.2, 0.25) is 10.0 Å². The molecule has 28 heavy (non-hydrogen) atoms. The minimum Gasteiger partial charge on any atom is -0.322 e. The van der Waals surface area contributed by atoms with Gasteiger partial charge < -0.3 is 5.32 Å². The lowest BCUT2D eigenvalue weighted by Gasteiger charge is -2.30. The summed E-state index contributed by atoms with van der Waals surface area (Å²) in [6, 6.07) is 12.6. The van der Waals surface area contributed by atoms with E-state index in [1.54, 1.807) is 24.3 Å². The zero-order valence-corrected chi connectivity index (χ0v) is 16.8. The quantitative estimate of drug-likeness (QED) is 0.778. The van der Waals surface area contributed by atoms with Gasteiger partial charge in [0.05, 0.1) is 4.90 Å². The third-order valence-electron chi connectivity index (χ3n) is 4.90. The Morgan fingerprint density at radius 2 is 1.79 bits per heavy atom. The number of benzene rings is 2. The van der Waals surface area contributed by atoms with Gasteiger partial charge in [-0.2, -0.15) is 4.31 Å². The van der Waals surface area contributed by atoms with E-state index >= 15 is 0 Å². The van der Waals surface area contributed by atoms with Crippen molar-refractivity contribution >= 4 is 27.4 Å². The van der Waals surface area contributed by atoms with E-state index in [4.69, 9.17) is 0 Å². The molecule has 0 aliphatic carbocycles. The summed E-state index contributed by atoms with van der Waals surface area (Å²) in [5.74, 6) is -0.103. The summed E-state index contributed by atoms with van der Waals surface area (Å²) in [7, 11) is -3.55. The Balaban J connectivity index is 1.74. The van der Waals surface area contributed by atoms with Crippen LogP contribution in [0, 0.1) is 5.92 Å². The van der Waals surface area contributed by atoms with Gasteiger partial charge in [-0.15, -0.1) is 0 Å². The van der Waals surface area contributed by atoms with Crippen LogP contribution in [0.25, 0.3) is 0 Å². The molecule has 0 radical (unpaired) electrons. The molecule has 1 amide bonds. The first-order chi connectivity index (χ1) is 13.3. The maximum atomic E-state index is 12.8. The van der Waals surface area contributed by atoms with Gasteiger partial charge in [0, 0.05) is 29.9 Å². The Bertz CT molecular complexity index is 984. The molecule has 1 saturated heterocycles. The molecule has 1 fully saturated rings. The molecule has 2 aromatic rings. The van der Waals surface area contributed by atoms with Gasteiger partial charge in [0.15, 0.2) is 5.78 Å². The summed E-state index contributed by atoms with van der Waals surface area (Å²) >= 11 is 0. The van der Waals surface area contributed by atoms with Crippen molar-refractivity contribution in [1.29, 1.82) is 0 Å². The molecule has 1 unspecified atom stereocenters. The third-order valence-corrected chi connectivity index (χ3v) is 6.78. The normalized spacial score (nSPS) is 17.9. The Hall–Kier alpha value is -2.51. The summed E-state index contributed by atoms with van der Waals surface area (Å²) in [4.78, 5) is 24.1. The summed E-state index contributed by atoms with van der Waals surface area (Å²) in [5.41, 5.74) is 1.37. The molecule has 3 rings (SSSR count). The third kappa shape index (κ3) is 4.48. The van der Waals surface area contributed by atoms with Gasteiger partial charge in [0.1, 0.15) is 0 Å². The average molecular weight is 401 g/mol. The second kappa shape index (κ2) is 8.24. The number of anilines is 1. The highest BCUT2D eigenvalue weighted by Crippen LogP contribution is 2.24. The van der Waals surface area contributed by atoms with Crippen LogP contribution in [0.15, 0.2) is 53.4 Å². The van der Waals surface area contributed by atoms with Crippen LogP contribution in [0.5, 0.6) is 0 Å². The molecular weight excluding hydrogens is 376 g/mol. The number of amides is 1. The number of nitrogens with one attached hydrogen (secondary N) is 1. The van der Waals surface area contributed by atoms with E-state index < -0.39 is 10.0 Å². The number of hydrogen-bond acceptors (Lipinski definition) is 4. The van der Waals surface area contributed by atoms with Gasteiger partial charge in [-0.3, -0.25) is 9.59 Å². The zero-order valence-electron chi connectivity index (χ0n) is 16.0. The maximum absolute atomic E-state index is 12.8. The van der Waals surface area contributed by atoms with Crippen molar-refractivity contribution < 1.29 is 18.0 Å². The smallest absolute Gasteiger partial charge is 0.255 e. The summed E-state index contributed by atoms with van der Waals surface area (Å²) < 4.78 is 27.1. The lowest BCUT2D eigenvalue weighted by Crippen LogP contribution is -2.39. The van der Waals surface area contributed by atoms with Gasteiger partial charge >= 0.3 is 0 Å². The molecule has 0 saturated carbocycles. The highest BCUT2D eigenvalue weighted by molar-refractivity contribution is 7.89. The van der Waals surface area contributed by atoms with Gasteiger partial charge in [-0.1, -0.05) is 19.1 Å². The average Bonchev–Trinajstić information content (AvgIpc) is 2.68. The molecule has 1 heterocycles. The van der Waals surface area contributed by atoms with E-state index in [-0.39, 0.29) is 16.6 Å². The van der Waals surface area contributed by atoms with Crippen molar-refractivity contribution in [3.63, 3.8) is 0 Å². The van der Waals surface area contributed by atoms with E-state index in [0.717, 1.165) is 12.8 Å². The molecule has 0 bridgehead atoms. The second-order valence-corrected chi connectivity index (χ2v) is 9.16. The molecule has 1 aliphatic rings. The van der Waals surface area contributed by atoms with Crippen LogP contribution in [0.4, 0.5) is 5.69 Å². The van der Waals surface area contributed by atoms with Crippen molar-refractivity contribution in [3.8, 4) is 0 Å². The highest BCUT2D eigenvalue weighted by atomic mass is 32.2. The van der Waals surface area contributed by atoms with Crippen LogP contribution in [-0.2, 0) is 10.0 Å². The van der Waals surface area contributed by atoms with Crippen LogP contribution in [0.2, 0.25) is 0 Å². The fraction of sp³-hybridized carbons (Fsp3) is 0.333. The summed E-state index contributed by atoms with van der Waals surface area (Å²) in [5, 5.41) is 2.73. The minimum absolute atomic E-state index is 0.0855. The first-order valence-electron chi connectivity index (χ1n) is 9.30. The minimum atomic E-state index is -3.55. The standard InChI is InChI=1S/C21H24N2O4S/c1-15-5-4-12-23(14-15)28(26,27)20-10-8-17(9-11-20)21(25)22-19-7-3-6-18(13-19)16(2)24/h3,6-11,13,15H,4-5,12,14H2,1-2H3,(H,22,25). The monoisotopic (exact) mass is 400 g/mol. The molecule has 0 spiro atoms. The highest BCUT2D eigenvalue weighted by Gasteiger charge is 2.28. The molecule has 0 aromatic heterocycles. The Morgan fingerprint density at radius 3 is 2.43 bits per heavy atom. The molecular formula is C21H24N2O4S. The molecule has 7 heteroatoms. The van der Waals surface area contributed by atoms with Gasteiger partial charge in [0.25, 0.3) is 5.91 Å². The van der Waals surface area contributed by atoms with Crippen molar-refractivity contribution in [1.82, 2.24) is 4.31 Å². The SMILES string of the molecule is CC(=O)c1cccc(NC(=O)c2ccc(S(=O)(=O)N3CCCC(C)C3)cc2)c1. The molecule has 1 atom stereocenters. The van der Waals surface area contributed by atoms with Crippen molar-refractivity contribution in [2.75, 3.05) is 18.4 Å². The number of piperidine rings is 1. The number of rotatable bonds is 5. The van der Waals surface area contributed by atoms with Crippen molar-refractivity contribution in [2.24, 2.45) is 5.92 Å². The lowest BCUT2D eigenvalue weighted by molar-refractivity contribution is 0.101. The largest absolute Gasteiger partial charge is 0.322 e. The van der Waals surface area contributed by atoms with E-state index in [0.29, 0.717) is 35.8 Å². The number of nitrogens with zero attached hydrogens (tertiary/aromatic N) is 1. The van der Waals surface area contributed by atoms with Crippen LogP contribution in [0.1, 0.15) is 47.4 Å². The molecule has 1 aliphatic heterocycles. The van der Waals surface area contributed by atoms with Crippen LogP contribution < -0.4 is 5.32 Å². The number of carbonyl (C=O) groups excluding carboxylic acids is 2. The van der Waals surface area contributed by atoms with Gasteiger partial charge in [-0.05, 0) is 62.1 Å². The van der Waals surface area contributed by atoms with Crippen LogP contribution >= 0.6 is 0 Å². The number of hydrogen-bond donors (Lipinski definition) is 1. The van der Waals surface area contributed by atoms with E-state index in [1.807, 2.05) is 0 Å². The van der Waals surface area contributed by atoms with Crippen LogP contribution in [0.3, 0.4) is 0 Å². The Kier molecular flexibility index (Phi) is 5.96. The molecule has 6 nitrogen and oxygen atoms in total. The predicted octanol–water partition coefficient (Wildman–Crippen LogP) is 3.56. The van der Waals surface area contributed by atoms with E-state index in [2.05, 4.69) is 12.2 Å². The molecule has 148 valence electrons. The van der Waals surface area contributed by atoms with E-state index in [1.165, 1.54) is 35.5 Å². The van der Waals surface area contributed by atoms with Crippen LogP contribution in [-0.4, -0.2) is 37.5 Å². The number of carbonyl (C=O) groups is 2. The first-order valence-corrected chi connectivity index (χ1v) is 10.7. The van der Waals surface area contributed by atoms with Crippen molar-refractivity contribution in [2.45, 2.75) is 31.6 Å². The second-order valence-electron chi connectivity index (χ2n) is 7.23. The van der Waals surface area contributed by atoms with E-state index in [9.17, 15) is 18.0 Å². The number of ketones is 1. The predicted molar refractivity (Wildman–Crippen MR) is 108 cm³/mol. The van der Waals surface area contributed by atoms with Crippen molar-refractivity contribution in [3.05, 3.63) is 59.7 Å². The van der Waals surface area contributed by atoms with Gasteiger partial charge in [-0.25, -0.2) is 8.42 Å². The summed E-state index contributed by atoms with van der Waals surface area (Å²) in [6.45, 7) is 4.57. The lowest BCUT2D eigenvalue weighted by atomic mass is 10.0. The molecule has 1 N–H and O–H groups in total. The fourth-order valence-corrected chi connectivity index (χ4v) is 4.91. The fourth-order valence-electron chi connectivity index (χ4n) is 3.31. The maximum Gasteiger partial charge on any atom is 0.255 e. The Labute approximate surface area is 165 Å². The number of sulfonamides is 1. The topological polar surface area (TPSA) is 83.5 Å². The first kappa shape index (κ1) is 20.2. The Morgan fingerprint density at radius 1 is 1.07 bits per heavy atom. The molecule has 2 aromatic carbocycles. The summed E-state index contributed by atoms with van der Waals surface area (Å²) in [6.07, 6.45) is 1.90. The zero-order chi connectivity index (χ0) is 20.3. The number of Topliss-reactive ketones (excluding diaryl/α,β-unsaturated/α-hetero) is 1.